The van der Waals surface area contributed by atoms with Gasteiger partial charge in [0.25, 0.3) is 0 Å². The molecule has 1 aliphatic carbocycles. The van der Waals surface area contributed by atoms with E-state index in [0.29, 0.717) is 0 Å². The predicted octanol–water partition coefficient (Wildman–Crippen LogP) is 4.11. The molecule has 94 valence electrons. The van der Waals surface area contributed by atoms with Crippen molar-refractivity contribution in [1.29, 1.82) is 0 Å². The summed E-state index contributed by atoms with van der Waals surface area (Å²) in [6, 6.07) is 0. The first kappa shape index (κ1) is 14.1. The van der Waals surface area contributed by atoms with Gasteiger partial charge in [-0.3, -0.25) is 0 Å². The van der Waals surface area contributed by atoms with E-state index in [0.717, 1.165) is 0 Å². The molecule has 1 atom stereocenters. The number of rotatable bonds is 3. The van der Waals surface area contributed by atoms with Gasteiger partial charge in [0.2, 0.25) is 0 Å². The Morgan fingerprint density at radius 2 is 2.12 bits per heavy atom. The van der Waals surface area contributed by atoms with Gasteiger partial charge in [0.05, 0.1) is 0 Å². The molecule has 1 heteroatoms. The lowest BCUT2D eigenvalue weighted by Crippen LogP contribution is -2.23. The van der Waals surface area contributed by atoms with Gasteiger partial charge in [-0.05, 0) is 50.2 Å². The molecule has 1 aliphatic rings. The zero-order valence-corrected chi connectivity index (χ0v) is 11.8. The van der Waals surface area contributed by atoms with Crippen LogP contribution >= 0.6 is 0 Å². The van der Waals surface area contributed by atoms with Crippen LogP contribution in [0.15, 0.2) is 23.3 Å². The number of hydrogen-bond donors (Lipinski definition) is 0. The normalized spacial score (nSPS) is 23.5. The summed E-state index contributed by atoms with van der Waals surface area (Å²) in [6.07, 6.45) is 13.4. The Hall–Kier alpha value is -1.00. The summed E-state index contributed by atoms with van der Waals surface area (Å²) >= 11 is 0. The van der Waals surface area contributed by atoms with Crippen molar-refractivity contribution in [1.82, 2.24) is 0 Å². The first-order valence-corrected chi connectivity index (χ1v) is 6.27. The number of terminal acetylenes is 1. The van der Waals surface area contributed by atoms with E-state index in [-0.39, 0.29) is 5.41 Å². The zero-order valence-electron chi connectivity index (χ0n) is 11.8. The monoisotopic (exact) mass is 232 g/mol. The molecule has 0 radical (unpaired) electrons. The first-order chi connectivity index (χ1) is 7.84. The molecule has 17 heavy (non-hydrogen) atoms. The average Bonchev–Trinajstić information content (AvgIpc) is 2.27. The van der Waals surface area contributed by atoms with Crippen LogP contribution < -0.4 is 0 Å². The summed E-state index contributed by atoms with van der Waals surface area (Å²) in [4.78, 5) is 0. The third kappa shape index (κ3) is 3.23. The molecule has 0 bridgehead atoms. The van der Waals surface area contributed by atoms with Crippen LogP contribution in [-0.2, 0) is 4.74 Å². The maximum absolute atomic E-state index is 5.49. The van der Waals surface area contributed by atoms with Crippen molar-refractivity contribution in [2.45, 2.75) is 52.6 Å². The molecule has 0 spiro atoms. The fourth-order valence-electron chi connectivity index (χ4n) is 2.43. The maximum atomic E-state index is 5.49. The highest BCUT2D eigenvalue weighted by molar-refractivity contribution is 5.35. The average molecular weight is 232 g/mol. The third-order valence-electron chi connectivity index (χ3n) is 3.82. The molecule has 0 fully saturated rings. The highest BCUT2D eigenvalue weighted by atomic mass is 16.5. The maximum Gasteiger partial charge on any atom is 0.144 e. The van der Waals surface area contributed by atoms with Crippen molar-refractivity contribution in [2.24, 2.45) is 5.41 Å². The summed E-state index contributed by atoms with van der Waals surface area (Å²) in [5.74, 6) is 2.68. The molecular weight excluding hydrogens is 208 g/mol. The van der Waals surface area contributed by atoms with Crippen molar-refractivity contribution >= 4 is 0 Å². The van der Waals surface area contributed by atoms with Gasteiger partial charge in [-0.2, -0.15) is 0 Å². The fourth-order valence-corrected chi connectivity index (χ4v) is 2.43. The van der Waals surface area contributed by atoms with Crippen LogP contribution in [0, 0.1) is 17.8 Å². The third-order valence-corrected chi connectivity index (χ3v) is 3.82. The van der Waals surface area contributed by atoms with E-state index in [4.69, 9.17) is 11.2 Å². The fraction of sp³-hybridized carbons (Fsp3) is 0.625. The molecule has 0 N–H and O–H groups in total. The minimum atomic E-state index is -0.596. The van der Waals surface area contributed by atoms with Gasteiger partial charge in [-0.1, -0.05) is 31.4 Å². The lowest BCUT2D eigenvalue weighted by molar-refractivity contribution is 0.0990. The summed E-state index contributed by atoms with van der Waals surface area (Å²) < 4.78 is 5.34. The topological polar surface area (TPSA) is 9.23 Å². The summed E-state index contributed by atoms with van der Waals surface area (Å²) in [5, 5.41) is 0. The van der Waals surface area contributed by atoms with Gasteiger partial charge < -0.3 is 4.74 Å². The second-order valence-corrected chi connectivity index (χ2v) is 5.72. The molecule has 0 saturated carbocycles. The van der Waals surface area contributed by atoms with Crippen molar-refractivity contribution < 1.29 is 4.74 Å². The van der Waals surface area contributed by atoms with E-state index in [9.17, 15) is 0 Å². The van der Waals surface area contributed by atoms with Gasteiger partial charge in [-0.15, -0.1) is 6.42 Å². The van der Waals surface area contributed by atoms with Crippen LogP contribution in [0.5, 0.6) is 0 Å². The summed E-state index contributed by atoms with van der Waals surface area (Å²) in [6.45, 7) is 8.74. The highest BCUT2D eigenvalue weighted by Crippen LogP contribution is 2.40. The molecule has 1 unspecified atom stereocenters. The van der Waals surface area contributed by atoms with Crippen LogP contribution in [0.2, 0.25) is 0 Å². The lowest BCUT2D eigenvalue weighted by atomic mass is 9.72. The minimum absolute atomic E-state index is 0.252. The van der Waals surface area contributed by atoms with Crippen molar-refractivity contribution in [3.05, 3.63) is 23.3 Å². The minimum Gasteiger partial charge on any atom is -0.362 e. The second kappa shape index (κ2) is 5.10. The Morgan fingerprint density at radius 1 is 1.47 bits per heavy atom. The Labute approximate surface area is 106 Å². The molecule has 0 heterocycles. The van der Waals surface area contributed by atoms with Gasteiger partial charge >= 0.3 is 0 Å². The molecule has 0 aromatic rings. The Bertz CT molecular complexity index is 379. The Kier molecular flexibility index (Phi) is 4.22. The second-order valence-electron chi connectivity index (χ2n) is 5.72. The summed E-state index contributed by atoms with van der Waals surface area (Å²) in [7, 11) is 1.65. The number of hydrogen-bond acceptors (Lipinski definition) is 1. The van der Waals surface area contributed by atoms with E-state index in [1.54, 1.807) is 7.11 Å². The standard InChI is InChI=1S/C16H24O/c1-7-16(5,17-6)12-10-14-13(2)9-8-11-15(14,3)4/h1,10,12H,8-9,11H2,2-6H3. The highest BCUT2D eigenvalue weighted by Gasteiger charge is 2.27. The lowest BCUT2D eigenvalue weighted by Gasteiger charge is -2.33. The molecule has 0 aliphatic heterocycles. The van der Waals surface area contributed by atoms with E-state index in [1.807, 2.05) is 13.0 Å². The van der Waals surface area contributed by atoms with Crippen molar-refractivity contribution in [3.8, 4) is 12.3 Å². The van der Waals surface area contributed by atoms with Gasteiger partial charge in [-0.25, -0.2) is 0 Å². The van der Waals surface area contributed by atoms with Crippen LogP contribution in [-0.4, -0.2) is 12.7 Å². The van der Waals surface area contributed by atoms with Crippen LogP contribution in [0.25, 0.3) is 0 Å². The Morgan fingerprint density at radius 3 is 2.59 bits per heavy atom. The molecule has 0 aromatic heterocycles. The Balaban J connectivity index is 3.01. The first-order valence-electron chi connectivity index (χ1n) is 6.27. The van der Waals surface area contributed by atoms with Crippen molar-refractivity contribution in [3.63, 3.8) is 0 Å². The SMILES string of the molecule is C#CC(C)(C=CC1=C(C)CCCC1(C)C)OC. The summed E-state index contributed by atoms with van der Waals surface area (Å²) in [5.41, 5.74) is 2.55. The van der Waals surface area contributed by atoms with Gasteiger partial charge in [0.15, 0.2) is 0 Å². The molecular formula is C16H24O. The van der Waals surface area contributed by atoms with E-state index in [2.05, 4.69) is 32.8 Å². The molecule has 0 amide bonds. The molecule has 0 aromatic carbocycles. The van der Waals surface area contributed by atoms with Gasteiger partial charge in [0.1, 0.15) is 5.60 Å². The molecule has 0 saturated heterocycles. The molecule has 1 nitrogen and oxygen atoms in total. The van der Waals surface area contributed by atoms with Crippen molar-refractivity contribution in [2.75, 3.05) is 7.11 Å². The predicted molar refractivity (Wildman–Crippen MR) is 73.7 cm³/mol. The largest absolute Gasteiger partial charge is 0.362 e. The van der Waals surface area contributed by atoms with E-state index < -0.39 is 5.60 Å². The number of ether oxygens (including phenoxy) is 1. The van der Waals surface area contributed by atoms with E-state index in [1.165, 1.54) is 30.4 Å². The number of methoxy groups -OCH3 is 1. The quantitative estimate of drug-likeness (QED) is 0.665. The number of allylic oxidation sites excluding steroid dienone is 3. The van der Waals surface area contributed by atoms with Gasteiger partial charge in [0, 0.05) is 7.11 Å². The molecule has 1 rings (SSSR count). The van der Waals surface area contributed by atoms with Crippen LogP contribution in [0.1, 0.15) is 47.0 Å². The smallest absolute Gasteiger partial charge is 0.144 e. The van der Waals surface area contributed by atoms with Crippen LogP contribution in [0.4, 0.5) is 0 Å². The van der Waals surface area contributed by atoms with E-state index >= 15 is 0 Å². The zero-order chi connectivity index (χ0) is 13.1. The van der Waals surface area contributed by atoms with Crippen LogP contribution in [0.3, 0.4) is 0 Å².